The molecule has 0 aliphatic heterocycles. The summed E-state index contributed by atoms with van der Waals surface area (Å²) in [5.41, 5.74) is 2.13. The molecular formula is C16H15Cl2NO2. The zero-order chi connectivity index (χ0) is 15.2. The summed E-state index contributed by atoms with van der Waals surface area (Å²) in [5, 5.41) is 4.42. The number of anilines is 1. The number of hydrogen-bond acceptors (Lipinski definition) is 3. The van der Waals surface area contributed by atoms with E-state index in [4.69, 9.17) is 27.9 Å². The van der Waals surface area contributed by atoms with Crippen LogP contribution in [-0.2, 0) is 11.3 Å². The molecule has 2 aromatic carbocycles. The summed E-state index contributed by atoms with van der Waals surface area (Å²) in [5.74, 6) is -0.336. The molecule has 0 fully saturated rings. The second kappa shape index (κ2) is 7.34. The van der Waals surface area contributed by atoms with E-state index in [1.54, 1.807) is 43.3 Å². The van der Waals surface area contributed by atoms with Gasteiger partial charge in [-0.1, -0.05) is 35.3 Å². The number of esters is 1. The highest BCUT2D eigenvalue weighted by Gasteiger charge is 2.08. The number of carbonyl (C=O) groups excluding carboxylic acids is 1. The second-order valence-electron chi connectivity index (χ2n) is 4.36. The fourth-order valence-electron chi connectivity index (χ4n) is 1.86. The average molecular weight is 324 g/mol. The summed E-state index contributed by atoms with van der Waals surface area (Å²) in [4.78, 5) is 11.7. The maximum atomic E-state index is 11.7. The third kappa shape index (κ3) is 4.13. The fourth-order valence-corrected chi connectivity index (χ4v) is 2.39. The second-order valence-corrected chi connectivity index (χ2v) is 5.17. The molecule has 0 atom stereocenters. The van der Waals surface area contributed by atoms with Crippen molar-refractivity contribution in [3.8, 4) is 0 Å². The molecule has 0 bridgehead atoms. The first kappa shape index (κ1) is 15.7. The molecule has 0 saturated heterocycles. The van der Waals surface area contributed by atoms with Gasteiger partial charge in [0.1, 0.15) is 0 Å². The highest BCUT2D eigenvalue weighted by atomic mass is 35.5. The van der Waals surface area contributed by atoms with Crippen molar-refractivity contribution in [2.24, 2.45) is 0 Å². The molecule has 0 saturated carbocycles. The molecule has 0 aliphatic carbocycles. The smallest absolute Gasteiger partial charge is 0.338 e. The van der Waals surface area contributed by atoms with Crippen LogP contribution in [0.2, 0.25) is 10.0 Å². The highest BCUT2D eigenvalue weighted by Crippen LogP contribution is 2.25. The maximum Gasteiger partial charge on any atom is 0.338 e. The van der Waals surface area contributed by atoms with E-state index < -0.39 is 0 Å². The number of halogens is 2. The van der Waals surface area contributed by atoms with Crippen molar-refractivity contribution in [2.75, 3.05) is 11.9 Å². The van der Waals surface area contributed by atoms with Crippen LogP contribution in [0.3, 0.4) is 0 Å². The minimum Gasteiger partial charge on any atom is -0.462 e. The van der Waals surface area contributed by atoms with Crippen molar-refractivity contribution in [3.05, 3.63) is 63.6 Å². The Bertz CT molecular complexity index is 624. The van der Waals surface area contributed by atoms with E-state index >= 15 is 0 Å². The van der Waals surface area contributed by atoms with Gasteiger partial charge in [-0.2, -0.15) is 0 Å². The number of hydrogen-bond donors (Lipinski definition) is 1. The summed E-state index contributed by atoms with van der Waals surface area (Å²) in [6.45, 7) is 2.61. The van der Waals surface area contributed by atoms with E-state index in [9.17, 15) is 4.79 Å². The van der Waals surface area contributed by atoms with Gasteiger partial charge in [-0.05, 0) is 37.3 Å². The van der Waals surface area contributed by atoms with Crippen LogP contribution in [0.5, 0.6) is 0 Å². The molecule has 0 aromatic heterocycles. The lowest BCUT2D eigenvalue weighted by atomic mass is 10.2. The SMILES string of the molecule is CCOC(=O)c1cccc(NCc2c(Cl)cccc2Cl)c1. The van der Waals surface area contributed by atoms with Gasteiger partial charge in [-0.25, -0.2) is 4.79 Å². The van der Waals surface area contributed by atoms with Crippen LogP contribution in [0, 0.1) is 0 Å². The van der Waals surface area contributed by atoms with Crippen LogP contribution < -0.4 is 5.32 Å². The summed E-state index contributed by atoms with van der Waals surface area (Å²) >= 11 is 12.2. The molecule has 2 aromatic rings. The predicted octanol–water partition coefficient (Wildman–Crippen LogP) is 4.78. The molecule has 21 heavy (non-hydrogen) atoms. The third-order valence-electron chi connectivity index (χ3n) is 2.90. The van der Waals surface area contributed by atoms with E-state index in [-0.39, 0.29) is 5.97 Å². The van der Waals surface area contributed by atoms with Crippen LogP contribution >= 0.6 is 23.2 Å². The van der Waals surface area contributed by atoms with E-state index in [2.05, 4.69) is 5.32 Å². The van der Waals surface area contributed by atoms with Crippen LogP contribution in [0.1, 0.15) is 22.8 Å². The average Bonchev–Trinajstić information content (AvgIpc) is 2.47. The van der Waals surface area contributed by atoms with Gasteiger partial charge in [0, 0.05) is 27.8 Å². The van der Waals surface area contributed by atoms with Gasteiger partial charge >= 0.3 is 5.97 Å². The van der Waals surface area contributed by atoms with E-state index in [0.717, 1.165) is 11.3 Å². The number of benzene rings is 2. The number of carbonyl (C=O) groups is 1. The standard InChI is InChI=1S/C16H15Cl2NO2/c1-2-21-16(20)11-5-3-6-12(9-11)19-10-13-14(17)7-4-8-15(13)18/h3-9,19H,2,10H2,1H3. The van der Waals surface area contributed by atoms with Gasteiger partial charge in [0.25, 0.3) is 0 Å². The van der Waals surface area contributed by atoms with Gasteiger partial charge in [-0.15, -0.1) is 0 Å². The Morgan fingerprint density at radius 3 is 2.48 bits per heavy atom. The van der Waals surface area contributed by atoms with E-state index in [1.165, 1.54) is 0 Å². The van der Waals surface area contributed by atoms with Crippen LogP contribution in [0.25, 0.3) is 0 Å². The molecular weight excluding hydrogens is 309 g/mol. The van der Waals surface area contributed by atoms with Crippen molar-refractivity contribution < 1.29 is 9.53 Å². The molecule has 2 rings (SSSR count). The Hall–Kier alpha value is -1.71. The molecule has 0 radical (unpaired) electrons. The van der Waals surface area contributed by atoms with Crippen molar-refractivity contribution in [1.29, 1.82) is 0 Å². The lowest BCUT2D eigenvalue weighted by molar-refractivity contribution is 0.0526. The third-order valence-corrected chi connectivity index (χ3v) is 3.61. The Kier molecular flexibility index (Phi) is 5.48. The highest BCUT2D eigenvalue weighted by molar-refractivity contribution is 6.36. The first-order valence-electron chi connectivity index (χ1n) is 6.55. The topological polar surface area (TPSA) is 38.3 Å². The van der Waals surface area contributed by atoms with Gasteiger partial charge in [0.15, 0.2) is 0 Å². The molecule has 1 N–H and O–H groups in total. The van der Waals surface area contributed by atoms with Gasteiger partial charge in [-0.3, -0.25) is 0 Å². The summed E-state index contributed by atoms with van der Waals surface area (Å²) < 4.78 is 4.97. The largest absolute Gasteiger partial charge is 0.462 e. The number of nitrogens with one attached hydrogen (secondary N) is 1. The van der Waals surface area contributed by atoms with Crippen molar-refractivity contribution in [3.63, 3.8) is 0 Å². The normalized spacial score (nSPS) is 10.2. The Morgan fingerprint density at radius 2 is 1.81 bits per heavy atom. The number of ether oxygens (including phenoxy) is 1. The zero-order valence-electron chi connectivity index (χ0n) is 11.5. The Balaban J connectivity index is 2.10. The minimum absolute atomic E-state index is 0.336. The fraction of sp³-hybridized carbons (Fsp3) is 0.188. The van der Waals surface area contributed by atoms with Crippen LogP contribution in [0.4, 0.5) is 5.69 Å². The van der Waals surface area contributed by atoms with Crippen LogP contribution in [-0.4, -0.2) is 12.6 Å². The summed E-state index contributed by atoms with van der Waals surface area (Å²) in [7, 11) is 0. The Labute approximate surface area is 133 Å². The molecule has 0 unspecified atom stereocenters. The molecule has 3 nitrogen and oxygen atoms in total. The minimum atomic E-state index is -0.336. The van der Waals surface area contributed by atoms with E-state index in [0.29, 0.717) is 28.8 Å². The van der Waals surface area contributed by atoms with Crippen molar-refractivity contribution >= 4 is 34.9 Å². The Morgan fingerprint density at radius 1 is 1.14 bits per heavy atom. The van der Waals surface area contributed by atoms with Crippen LogP contribution in [0.15, 0.2) is 42.5 Å². The molecule has 5 heteroatoms. The molecule has 110 valence electrons. The first-order chi connectivity index (χ1) is 10.1. The monoisotopic (exact) mass is 323 g/mol. The predicted molar refractivity (Wildman–Crippen MR) is 86.2 cm³/mol. The number of rotatable bonds is 5. The quantitative estimate of drug-likeness (QED) is 0.804. The van der Waals surface area contributed by atoms with Crippen molar-refractivity contribution in [2.45, 2.75) is 13.5 Å². The first-order valence-corrected chi connectivity index (χ1v) is 7.31. The maximum absolute atomic E-state index is 11.7. The molecule has 0 amide bonds. The lowest BCUT2D eigenvalue weighted by Gasteiger charge is -2.10. The summed E-state index contributed by atoms with van der Waals surface area (Å²) in [6.07, 6.45) is 0. The zero-order valence-corrected chi connectivity index (χ0v) is 13.0. The molecule has 0 heterocycles. The molecule has 0 spiro atoms. The van der Waals surface area contributed by atoms with Gasteiger partial charge < -0.3 is 10.1 Å². The van der Waals surface area contributed by atoms with E-state index in [1.807, 2.05) is 6.07 Å². The van der Waals surface area contributed by atoms with Crippen molar-refractivity contribution in [1.82, 2.24) is 0 Å². The molecule has 0 aliphatic rings. The van der Waals surface area contributed by atoms with Gasteiger partial charge in [0.05, 0.1) is 12.2 Å². The summed E-state index contributed by atoms with van der Waals surface area (Å²) in [6, 6.07) is 12.5. The lowest BCUT2D eigenvalue weighted by Crippen LogP contribution is -2.06. The van der Waals surface area contributed by atoms with Gasteiger partial charge in [0.2, 0.25) is 0 Å².